The second-order valence-corrected chi connectivity index (χ2v) is 10.4. The lowest BCUT2D eigenvalue weighted by atomic mass is 9.97. The van der Waals surface area contributed by atoms with Crippen LogP contribution in [0.1, 0.15) is 26.7 Å². The Morgan fingerprint density at radius 3 is 2.46 bits per heavy atom. The summed E-state index contributed by atoms with van der Waals surface area (Å²) in [5.74, 6) is 1.65. The third-order valence-corrected chi connectivity index (χ3v) is 7.96. The number of halogens is 1. The van der Waals surface area contributed by atoms with Gasteiger partial charge in [0.15, 0.2) is 15.8 Å². The van der Waals surface area contributed by atoms with Crippen LogP contribution in [0.4, 0.5) is 0 Å². The molecule has 2 rings (SSSR count). The number of sulfone groups is 1. The Bertz CT molecular complexity index is 560. The normalized spacial score (nSPS) is 24.2. The Labute approximate surface area is 175 Å². The number of aliphatic imine (C=N–C) groups is 1. The van der Waals surface area contributed by atoms with Gasteiger partial charge in [0.25, 0.3) is 0 Å². The number of nitrogens with zero attached hydrogens (tertiary/aromatic N) is 3. The van der Waals surface area contributed by atoms with Crippen molar-refractivity contribution in [3.8, 4) is 0 Å². The molecule has 0 bridgehead atoms. The summed E-state index contributed by atoms with van der Waals surface area (Å²) >= 11 is 0. The van der Waals surface area contributed by atoms with Crippen LogP contribution < -0.4 is 5.32 Å². The molecule has 0 saturated carbocycles. The monoisotopic (exact) mass is 502 g/mol. The first-order valence-corrected chi connectivity index (χ1v) is 10.8. The van der Waals surface area contributed by atoms with Gasteiger partial charge in [0.1, 0.15) is 0 Å². The van der Waals surface area contributed by atoms with E-state index in [0.29, 0.717) is 19.0 Å². The first-order valence-electron chi connectivity index (χ1n) is 9.18. The molecule has 2 saturated heterocycles. The molecule has 2 aliphatic rings. The van der Waals surface area contributed by atoms with Crippen LogP contribution in [0.2, 0.25) is 0 Å². The van der Waals surface area contributed by atoms with Crippen LogP contribution >= 0.6 is 24.0 Å². The largest absolute Gasteiger partial charge is 0.383 e. The predicted molar refractivity (Wildman–Crippen MR) is 117 cm³/mol. The standard InChI is InChI=1S/C17H34N4O3S.HI/c1-17(2)14-21(10-12-25(17,22)23)16(18-3)19-13-15-5-7-20(8-6-15)9-11-24-4;/h15H,5-14H2,1-4H3,(H,18,19);1H. The summed E-state index contributed by atoms with van der Waals surface area (Å²) in [6, 6.07) is 0. The zero-order valence-electron chi connectivity index (χ0n) is 16.5. The van der Waals surface area contributed by atoms with Crippen molar-refractivity contribution < 1.29 is 13.2 Å². The molecule has 2 aliphatic heterocycles. The molecule has 7 nitrogen and oxygen atoms in total. The van der Waals surface area contributed by atoms with Crippen molar-refractivity contribution in [2.24, 2.45) is 10.9 Å². The lowest BCUT2D eigenvalue weighted by Gasteiger charge is -2.39. The molecule has 154 valence electrons. The molecule has 0 unspecified atom stereocenters. The minimum atomic E-state index is -3.03. The molecule has 0 spiro atoms. The van der Waals surface area contributed by atoms with Gasteiger partial charge in [0.2, 0.25) is 0 Å². The van der Waals surface area contributed by atoms with Gasteiger partial charge < -0.3 is 19.9 Å². The Kier molecular flexibility index (Phi) is 9.59. The number of guanidine groups is 1. The number of methoxy groups -OCH3 is 1. The quantitative estimate of drug-likeness (QED) is 0.344. The van der Waals surface area contributed by atoms with Gasteiger partial charge in [-0.3, -0.25) is 4.99 Å². The molecule has 0 aliphatic carbocycles. The maximum absolute atomic E-state index is 12.2. The maximum atomic E-state index is 12.2. The Hall–Kier alpha value is -0.130. The van der Waals surface area contributed by atoms with Crippen LogP contribution in [-0.2, 0) is 14.6 Å². The summed E-state index contributed by atoms with van der Waals surface area (Å²) in [5.41, 5.74) is 0. The number of piperidine rings is 1. The van der Waals surface area contributed by atoms with Crippen molar-refractivity contribution in [1.29, 1.82) is 0 Å². The van der Waals surface area contributed by atoms with Gasteiger partial charge in [-0.1, -0.05) is 0 Å². The van der Waals surface area contributed by atoms with Gasteiger partial charge >= 0.3 is 0 Å². The van der Waals surface area contributed by atoms with Gasteiger partial charge in [-0.2, -0.15) is 0 Å². The van der Waals surface area contributed by atoms with E-state index in [1.807, 2.05) is 0 Å². The van der Waals surface area contributed by atoms with E-state index in [1.165, 1.54) is 12.8 Å². The molecule has 0 aromatic heterocycles. The van der Waals surface area contributed by atoms with E-state index in [9.17, 15) is 8.42 Å². The van der Waals surface area contributed by atoms with E-state index < -0.39 is 14.6 Å². The van der Waals surface area contributed by atoms with Crippen LogP contribution in [0.5, 0.6) is 0 Å². The molecule has 9 heteroatoms. The van der Waals surface area contributed by atoms with Gasteiger partial charge in [-0.15, -0.1) is 24.0 Å². The van der Waals surface area contributed by atoms with E-state index in [2.05, 4.69) is 20.1 Å². The molecule has 0 amide bonds. The molecule has 0 radical (unpaired) electrons. The molecule has 2 heterocycles. The number of hydrogen-bond acceptors (Lipinski definition) is 5. The molecular weight excluding hydrogens is 467 g/mol. The van der Waals surface area contributed by atoms with Crippen molar-refractivity contribution in [3.63, 3.8) is 0 Å². The molecule has 1 N–H and O–H groups in total. The zero-order chi connectivity index (χ0) is 18.5. The van der Waals surface area contributed by atoms with E-state index in [0.717, 1.165) is 38.7 Å². The fraction of sp³-hybridized carbons (Fsp3) is 0.941. The van der Waals surface area contributed by atoms with Crippen molar-refractivity contribution >= 4 is 39.8 Å². The van der Waals surface area contributed by atoms with E-state index in [4.69, 9.17) is 4.74 Å². The zero-order valence-corrected chi connectivity index (χ0v) is 19.7. The predicted octanol–water partition coefficient (Wildman–Crippen LogP) is 1.05. The maximum Gasteiger partial charge on any atom is 0.193 e. The van der Waals surface area contributed by atoms with Gasteiger partial charge in [0.05, 0.1) is 17.1 Å². The first-order chi connectivity index (χ1) is 11.8. The molecule has 0 aromatic carbocycles. The Morgan fingerprint density at radius 1 is 1.27 bits per heavy atom. The summed E-state index contributed by atoms with van der Waals surface area (Å²) in [7, 11) is 0.490. The van der Waals surface area contributed by atoms with E-state index >= 15 is 0 Å². The summed E-state index contributed by atoms with van der Waals surface area (Å²) < 4.78 is 28.8. The number of ether oxygens (including phenoxy) is 1. The van der Waals surface area contributed by atoms with E-state index in [1.54, 1.807) is 28.0 Å². The fourth-order valence-electron chi connectivity index (χ4n) is 3.53. The highest BCUT2D eigenvalue weighted by Crippen LogP contribution is 2.24. The third kappa shape index (κ3) is 6.20. The van der Waals surface area contributed by atoms with Gasteiger partial charge in [-0.25, -0.2) is 8.42 Å². The van der Waals surface area contributed by atoms with Crippen LogP contribution in [-0.4, -0.2) is 94.7 Å². The number of likely N-dealkylation sites (tertiary alicyclic amines) is 1. The van der Waals surface area contributed by atoms with Crippen LogP contribution in [0.3, 0.4) is 0 Å². The highest BCUT2D eigenvalue weighted by Gasteiger charge is 2.41. The van der Waals surface area contributed by atoms with Crippen LogP contribution in [0.15, 0.2) is 4.99 Å². The fourth-order valence-corrected chi connectivity index (χ4v) is 4.89. The summed E-state index contributed by atoms with van der Waals surface area (Å²) in [6.45, 7) is 9.54. The average Bonchev–Trinajstić information content (AvgIpc) is 2.57. The molecule has 2 fully saturated rings. The number of hydrogen-bond donors (Lipinski definition) is 1. The molecule has 26 heavy (non-hydrogen) atoms. The smallest absolute Gasteiger partial charge is 0.193 e. The van der Waals surface area contributed by atoms with Crippen molar-refractivity contribution in [3.05, 3.63) is 0 Å². The van der Waals surface area contributed by atoms with Gasteiger partial charge in [-0.05, 0) is 45.7 Å². The highest BCUT2D eigenvalue weighted by atomic mass is 127. The average molecular weight is 502 g/mol. The van der Waals surface area contributed by atoms with Crippen LogP contribution in [0.25, 0.3) is 0 Å². The molecular formula is C17H35IN4O3S. The summed E-state index contributed by atoms with van der Waals surface area (Å²) in [4.78, 5) is 8.90. The molecule has 0 atom stereocenters. The second-order valence-electron chi connectivity index (χ2n) is 7.71. The van der Waals surface area contributed by atoms with Crippen molar-refractivity contribution in [2.75, 3.05) is 65.8 Å². The number of rotatable bonds is 5. The molecule has 0 aromatic rings. The lowest BCUT2D eigenvalue weighted by Crippen LogP contribution is -2.57. The lowest BCUT2D eigenvalue weighted by molar-refractivity contribution is 0.120. The highest BCUT2D eigenvalue weighted by molar-refractivity contribution is 14.0. The minimum absolute atomic E-state index is 0. The first kappa shape index (κ1) is 23.9. The Balaban J connectivity index is 0.00000338. The van der Waals surface area contributed by atoms with Crippen molar-refractivity contribution in [1.82, 2.24) is 15.1 Å². The van der Waals surface area contributed by atoms with Crippen molar-refractivity contribution in [2.45, 2.75) is 31.4 Å². The second kappa shape index (κ2) is 10.4. The summed E-state index contributed by atoms with van der Waals surface area (Å²) in [5, 5.41) is 3.47. The number of nitrogens with one attached hydrogen (secondary N) is 1. The van der Waals surface area contributed by atoms with Gasteiger partial charge in [0, 0.05) is 40.3 Å². The topological polar surface area (TPSA) is 74.2 Å². The summed E-state index contributed by atoms with van der Waals surface area (Å²) in [6.07, 6.45) is 2.35. The Morgan fingerprint density at radius 2 is 1.92 bits per heavy atom. The SMILES string of the molecule is CN=C(NCC1CCN(CCOC)CC1)N1CCS(=O)(=O)C(C)(C)C1.I. The van der Waals surface area contributed by atoms with E-state index in [-0.39, 0.29) is 29.7 Å². The third-order valence-electron chi connectivity index (χ3n) is 5.42. The van der Waals surface area contributed by atoms with Crippen LogP contribution in [0, 0.1) is 5.92 Å². The minimum Gasteiger partial charge on any atom is -0.383 e.